The van der Waals surface area contributed by atoms with Gasteiger partial charge in [0.05, 0.1) is 14.8 Å². The number of ether oxygens (including phenoxy) is 1. The summed E-state index contributed by atoms with van der Waals surface area (Å²) in [5.74, 6) is 0. The highest BCUT2D eigenvalue weighted by Gasteiger charge is 2.24. The molecule has 0 amide bonds. The summed E-state index contributed by atoms with van der Waals surface area (Å²) >= 11 is 13.5. The van der Waals surface area contributed by atoms with Crippen LogP contribution in [0.4, 0.5) is 0 Å². The van der Waals surface area contributed by atoms with Gasteiger partial charge in [0.15, 0.2) is 0 Å². The zero-order chi connectivity index (χ0) is 12.4. The number of hydrogen-bond donors (Lipinski definition) is 1. The third-order valence-corrected chi connectivity index (χ3v) is 4.70. The summed E-state index contributed by atoms with van der Waals surface area (Å²) in [6.45, 7) is 5.15. The topological polar surface area (TPSA) is 21.3 Å². The fraction of sp³-hybridized carbons (Fsp3) is 0.667. The van der Waals surface area contributed by atoms with E-state index < -0.39 is 0 Å². The highest BCUT2D eigenvalue weighted by Crippen LogP contribution is 2.35. The Labute approximate surface area is 116 Å². The normalized spacial score (nSPS) is 23.9. The van der Waals surface area contributed by atoms with Crippen LogP contribution in [0.5, 0.6) is 0 Å². The largest absolute Gasteiger partial charge is 0.377 e. The molecule has 96 valence electrons. The average molecular weight is 294 g/mol. The second-order valence-electron chi connectivity index (χ2n) is 4.51. The van der Waals surface area contributed by atoms with E-state index in [-0.39, 0.29) is 6.04 Å². The van der Waals surface area contributed by atoms with E-state index in [1.165, 1.54) is 11.3 Å². The molecule has 0 bridgehead atoms. The molecule has 1 aromatic heterocycles. The van der Waals surface area contributed by atoms with E-state index in [1.807, 2.05) is 6.07 Å². The molecule has 1 aromatic rings. The van der Waals surface area contributed by atoms with E-state index >= 15 is 0 Å². The molecule has 1 N–H and O–H groups in total. The van der Waals surface area contributed by atoms with Gasteiger partial charge < -0.3 is 10.1 Å². The van der Waals surface area contributed by atoms with Crippen LogP contribution in [-0.4, -0.2) is 18.8 Å². The Morgan fingerprint density at radius 2 is 2.24 bits per heavy atom. The summed E-state index contributed by atoms with van der Waals surface area (Å²) < 4.78 is 7.18. The van der Waals surface area contributed by atoms with Gasteiger partial charge in [-0.1, -0.05) is 23.2 Å². The zero-order valence-electron chi connectivity index (χ0n) is 10.0. The molecule has 3 atom stereocenters. The first-order valence-corrected chi connectivity index (χ1v) is 7.47. The minimum absolute atomic E-state index is 0.199. The monoisotopic (exact) mass is 293 g/mol. The molecule has 0 radical (unpaired) electrons. The van der Waals surface area contributed by atoms with Crippen molar-refractivity contribution in [3.8, 4) is 0 Å². The van der Waals surface area contributed by atoms with Crippen molar-refractivity contribution in [2.45, 2.75) is 44.9 Å². The Morgan fingerprint density at radius 1 is 1.47 bits per heavy atom. The molecular weight excluding hydrogens is 277 g/mol. The average Bonchev–Trinajstić information content (AvgIpc) is 2.87. The molecule has 1 saturated heterocycles. The molecule has 1 fully saturated rings. The molecule has 0 aromatic carbocycles. The Balaban J connectivity index is 1.96. The van der Waals surface area contributed by atoms with Crippen molar-refractivity contribution in [2.24, 2.45) is 0 Å². The van der Waals surface area contributed by atoms with Crippen LogP contribution in [0.1, 0.15) is 38.3 Å². The zero-order valence-corrected chi connectivity index (χ0v) is 12.3. The van der Waals surface area contributed by atoms with Gasteiger partial charge in [-0.25, -0.2) is 0 Å². The van der Waals surface area contributed by atoms with Gasteiger partial charge in [-0.05, 0) is 38.3 Å². The van der Waals surface area contributed by atoms with Crippen molar-refractivity contribution < 1.29 is 4.74 Å². The van der Waals surface area contributed by atoms with Gasteiger partial charge in [0, 0.05) is 18.7 Å². The summed E-state index contributed by atoms with van der Waals surface area (Å²) in [7, 11) is 0. The van der Waals surface area contributed by atoms with E-state index in [0.717, 1.165) is 33.7 Å². The third-order valence-electron chi connectivity index (χ3n) is 3.19. The van der Waals surface area contributed by atoms with Gasteiger partial charge in [-0.2, -0.15) is 0 Å². The van der Waals surface area contributed by atoms with Crippen LogP contribution in [0.2, 0.25) is 8.67 Å². The fourth-order valence-electron chi connectivity index (χ4n) is 2.24. The predicted molar refractivity (Wildman–Crippen MR) is 74.3 cm³/mol. The Kier molecular flexibility index (Phi) is 4.72. The SMILES string of the molecule is CC(NC(C)C1CCCO1)c1cc(Cl)sc1Cl. The Morgan fingerprint density at radius 3 is 2.76 bits per heavy atom. The van der Waals surface area contributed by atoms with Crippen molar-refractivity contribution in [1.29, 1.82) is 0 Å². The fourth-order valence-corrected chi connectivity index (χ4v) is 3.88. The van der Waals surface area contributed by atoms with Crippen molar-refractivity contribution in [3.05, 3.63) is 20.3 Å². The van der Waals surface area contributed by atoms with E-state index in [9.17, 15) is 0 Å². The van der Waals surface area contributed by atoms with E-state index in [0.29, 0.717) is 12.1 Å². The predicted octanol–water partition coefficient (Wildman–Crippen LogP) is 4.27. The second-order valence-corrected chi connectivity index (χ2v) is 6.79. The number of thiophene rings is 1. The Bertz CT molecular complexity index is 377. The van der Waals surface area contributed by atoms with Crippen LogP contribution in [0.25, 0.3) is 0 Å². The van der Waals surface area contributed by atoms with Crippen molar-refractivity contribution in [3.63, 3.8) is 0 Å². The maximum Gasteiger partial charge on any atom is 0.0991 e. The van der Waals surface area contributed by atoms with Crippen molar-refractivity contribution in [1.82, 2.24) is 5.32 Å². The smallest absolute Gasteiger partial charge is 0.0991 e. The van der Waals surface area contributed by atoms with Gasteiger partial charge in [-0.15, -0.1) is 11.3 Å². The first-order valence-electron chi connectivity index (χ1n) is 5.90. The highest BCUT2D eigenvalue weighted by molar-refractivity contribution is 7.20. The molecule has 1 aliphatic rings. The second kappa shape index (κ2) is 5.89. The molecule has 0 saturated carbocycles. The summed E-state index contributed by atoms with van der Waals surface area (Å²) in [4.78, 5) is 0. The van der Waals surface area contributed by atoms with Gasteiger partial charge in [0.2, 0.25) is 0 Å². The lowest BCUT2D eigenvalue weighted by Gasteiger charge is -2.24. The standard InChI is InChI=1S/C12H17Cl2NOS/c1-7(9-6-11(13)17-12(9)14)15-8(2)10-4-3-5-16-10/h6-8,10,15H,3-5H2,1-2H3. The number of halogens is 2. The molecule has 0 aliphatic carbocycles. The molecule has 5 heteroatoms. The molecule has 0 spiro atoms. The minimum Gasteiger partial charge on any atom is -0.377 e. The maximum atomic E-state index is 6.15. The first-order chi connectivity index (χ1) is 8.08. The van der Waals surface area contributed by atoms with Crippen molar-refractivity contribution >= 4 is 34.5 Å². The molecular formula is C12H17Cl2NOS. The maximum absolute atomic E-state index is 6.15. The lowest BCUT2D eigenvalue weighted by atomic mass is 10.1. The first kappa shape index (κ1) is 13.6. The Hall–Kier alpha value is 0.200. The van der Waals surface area contributed by atoms with Crippen LogP contribution in [0.3, 0.4) is 0 Å². The summed E-state index contributed by atoms with van der Waals surface area (Å²) in [5.41, 5.74) is 1.08. The summed E-state index contributed by atoms with van der Waals surface area (Å²) in [6.07, 6.45) is 2.63. The molecule has 17 heavy (non-hydrogen) atoms. The van der Waals surface area contributed by atoms with Crippen molar-refractivity contribution in [2.75, 3.05) is 6.61 Å². The number of hydrogen-bond acceptors (Lipinski definition) is 3. The van der Waals surface area contributed by atoms with Gasteiger partial charge in [-0.3, -0.25) is 0 Å². The molecule has 2 rings (SSSR count). The van der Waals surface area contributed by atoms with Crippen LogP contribution in [0, 0.1) is 0 Å². The summed E-state index contributed by atoms with van der Waals surface area (Å²) in [6, 6.07) is 2.47. The molecule has 3 unspecified atom stereocenters. The summed E-state index contributed by atoms with van der Waals surface area (Å²) in [5, 5.41) is 3.53. The van der Waals surface area contributed by atoms with Crippen LogP contribution in [0.15, 0.2) is 6.07 Å². The van der Waals surface area contributed by atoms with Crippen LogP contribution in [-0.2, 0) is 4.74 Å². The van der Waals surface area contributed by atoms with E-state index in [1.54, 1.807) is 0 Å². The number of nitrogens with one attached hydrogen (secondary N) is 1. The lowest BCUT2D eigenvalue weighted by Crippen LogP contribution is -2.38. The third kappa shape index (κ3) is 3.36. The molecule has 2 heterocycles. The quantitative estimate of drug-likeness (QED) is 0.895. The highest BCUT2D eigenvalue weighted by atomic mass is 35.5. The van der Waals surface area contributed by atoms with Gasteiger partial charge >= 0.3 is 0 Å². The lowest BCUT2D eigenvalue weighted by molar-refractivity contribution is 0.0804. The van der Waals surface area contributed by atoms with Gasteiger partial charge in [0.1, 0.15) is 0 Å². The van der Waals surface area contributed by atoms with E-state index in [4.69, 9.17) is 27.9 Å². The van der Waals surface area contributed by atoms with Crippen LogP contribution < -0.4 is 5.32 Å². The molecule has 2 nitrogen and oxygen atoms in total. The molecule has 1 aliphatic heterocycles. The van der Waals surface area contributed by atoms with Crippen LogP contribution >= 0.6 is 34.5 Å². The van der Waals surface area contributed by atoms with E-state index in [2.05, 4.69) is 19.2 Å². The van der Waals surface area contributed by atoms with Gasteiger partial charge in [0.25, 0.3) is 0 Å². The number of rotatable bonds is 4. The minimum atomic E-state index is 0.199.